The molecule has 2 aromatic carbocycles. The third-order valence-corrected chi connectivity index (χ3v) is 7.50. The van der Waals surface area contributed by atoms with E-state index >= 15 is 0 Å². The van der Waals surface area contributed by atoms with Crippen molar-refractivity contribution in [3.05, 3.63) is 59.7 Å². The molecule has 4 nitrogen and oxygen atoms in total. The fourth-order valence-electron chi connectivity index (χ4n) is 5.54. The molecule has 0 bridgehead atoms. The Morgan fingerprint density at radius 1 is 0.941 bits per heavy atom. The smallest absolute Gasteiger partial charge is 0.232 e. The average molecular weight is 463 g/mol. The first-order chi connectivity index (χ1) is 16.7. The van der Waals surface area contributed by atoms with E-state index in [0.29, 0.717) is 0 Å². The molecule has 4 rings (SSSR count). The number of carbonyl (C=O) groups is 1. The molecule has 0 spiro atoms. The Morgan fingerprint density at radius 2 is 1.53 bits per heavy atom. The van der Waals surface area contributed by atoms with Gasteiger partial charge in [0.25, 0.3) is 0 Å². The second-order valence-electron chi connectivity index (χ2n) is 10.4. The second kappa shape index (κ2) is 12.4. The van der Waals surface area contributed by atoms with Gasteiger partial charge in [0.2, 0.25) is 5.91 Å². The SMILES string of the molecule is CCCCCCCCC(C)CN1CCC(NC(=O)C2c3ccccc3Oc3ccccc32)CC1. The summed E-state index contributed by atoms with van der Waals surface area (Å²) in [5, 5.41) is 3.38. The number of fused-ring (bicyclic) bond motifs is 2. The van der Waals surface area contributed by atoms with Gasteiger partial charge >= 0.3 is 0 Å². The zero-order valence-corrected chi connectivity index (χ0v) is 21.1. The first kappa shape index (κ1) is 24.8. The van der Waals surface area contributed by atoms with E-state index in [2.05, 4.69) is 24.1 Å². The van der Waals surface area contributed by atoms with Crippen LogP contribution < -0.4 is 10.1 Å². The van der Waals surface area contributed by atoms with Gasteiger partial charge in [0.15, 0.2) is 0 Å². The van der Waals surface area contributed by atoms with Crippen molar-refractivity contribution in [3.8, 4) is 11.5 Å². The van der Waals surface area contributed by atoms with Crippen molar-refractivity contribution in [2.75, 3.05) is 19.6 Å². The van der Waals surface area contributed by atoms with Gasteiger partial charge in [0.1, 0.15) is 11.5 Å². The van der Waals surface area contributed by atoms with Crippen molar-refractivity contribution < 1.29 is 9.53 Å². The van der Waals surface area contributed by atoms with Crippen molar-refractivity contribution in [3.63, 3.8) is 0 Å². The van der Waals surface area contributed by atoms with Crippen molar-refractivity contribution in [2.45, 2.75) is 83.6 Å². The van der Waals surface area contributed by atoms with E-state index in [4.69, 9.17) is 4.74 Å². The Balaban J connectivity index is 1.25. The van der Waals surface area contributed by atoms with E-state index in [1.807, 2.05) is 48.5 Å². The summed E-state index contributed by atoms with van der Waals surface area (Å²) in [7, 11) is 0. The topological polar surface area (TPSA) is 41.6 Å². The average Bonchev–Trinajstić information content (AvgIpc) is 2.85. The van der Waals surface area contributed by atoms with Crippen molar-refractivity contribution in [1.82, 2.24) is 10.2 Å². The molecule has 0 aliphatic carbocycles. The second-order valence-corrected chi connectivity index (χ2v) is 10.4. The highest BCUT2D eigenvalue weighted by molar-refractivity contribution is 5.89. The highest BCUT2D eigenvalue weighted by Crippen LogP contribution is 2.44. The molecular formula is C30H42N2O2. The molecule has 1 fully saturated rings. The van der Waals surface area contributed by atoms with Crippen LogP contribution in [0.5, 0.6) is 11.5 Å². The largest absolute Gasteiger partial charge is 0.457 e. The number of ether oxygens (including phenoxy) is 1. The van der Waals surface area contributed by atoms with Gasteiger partial charge in [-0.05, 0) is 37.3 Å². The van der Waals surface area contributed by atoms with E-state index in [0.717, 1.165) is 54.5 Å². The Kier molecular flexibility index (Phi) is 9.04. The number of likely N-dealkylation sites (tertiary alicyclic amines) is 1. The monoisotopic (exact) mass is 462 g/mol. The molecule has 2 heterocycles. The molecule has 1 amide bonds. The number of nitrogens with zero attached hydrogens (tertiary/aromatic N) is 1. The molecule has 1 N–H and O–H groups in total. The molecule has 184 valence electrons. The summed E-state index contributed by atoms with van der Waals surface area (Å²) in [6, 6.07) is 16.1. The number of para-hydroxylation sites is 2. The zero-order valence-electron chi connectivity index (χ0n) is 21.1. The summed E-state index contributed by atoms with van der Waals surface area (Å²) in [6.45, 7) is 8.02. The Morgan fingerprint density at radius 3 is 2.18 bits per heavy atom. The minimum absolute atomic E-state index is 0.0955. The highest BCUT2D eigenvalue weighted by atomic mass is 16.5. The normalized spacial score (nSPS) is 17.5. The van der Waals surface area contributed by atoms with Gasteiger partial charge in [-0.25, -0.2) is 0 Å². The molecule has 2 aromatic rings. The number of amides is 1. The van der Waals surface area contributed by atoms with Crippen LogP contribution in [0, 0.1) is 5.92 Å². The van der Waals surface area contributed by atoms with Crippen LogP contribution in [0.1, 0.15) is 88.7 Å². The van der Waals surface area contributed by atoms with Crippen LogP contribution in [0.4, 0.5) is 0 Å². The predicted octanol–water partition coefficient (Wildman–Crippen LogP) is 6.89. The van der Waals surface area contributed by atoms with E-state index in [1.165, 1.54) is 51.5 Å². The van der Waals surface area contributed by atoms with E-state index in [1.54, 1.807) is 0 Å². The van der Waals surface area contributed by atoms with Gasteiger partial charge in [0.05, 0.1) is 5.92 Å². The number of hydrogen-bond acceptors (Lipinski definition) is 3. The van der Waals surface area contributed by atoms with Crippen molar-refractivity contribution in [2.24, 2.45) is 5.92 Å². The zero-order chi connectivity index (χ0) is 23.8. The van der Waals surface area contributed by atoms with Gasteiger partial charge in [0, 0.05) is 36.8 Å². The third kappa shape index (κ3) is 6.41. The van der Waals surface area contributed by atoms with E-state index in [9.17, 15) is 4.79 Å². The maximum atomic E-state index is 13.5. The lowest BCUT2D eigenvalue weighted by Gasteiger charge is -2.35. The van der Waals surface area contributed by atoms with Crippen LogP contribution in [-0.4, -0.2) is 36.5 Å². The quantitative estimate of drug-likeness (QED) is 0.370. The number of hydrogen-bond donors (Lipinski definition) is 1. The van der Waals surface area contributed by atoms with Gasteiger partial charge in [-0.1, -0.05) is 88.8 Å². The summed E-state index contributed by atoms with van der Waals surface area (Å²) < 4.78 is 6.06. The fraction of sp³-hybridized carbons (Fsp3) is 0.567. The summed E-state index contributed by atoms with van der Waals surface area (Å²) in [4.78, 5) is 16.1. The number of piperidine rings is 1. The van der Waals surface area contributed by atoms with Gasteiger partial charge < -0.3 is 15.0 Å². The van der Waals surface area contributed by atoms with E-state index in [-0.39, 0.29) is 17.9 Å². The molecule has 2 aliphatic rings. The molecule has 2 aliphatic heterocycles. The Labute approximate surface area is 206 Å². The van der Waals surface area contributed by atoms with Crippen LogP contribution >= 0.6 is 0 Å². The maximum absolute atomic E-state index is 13.5. The van der Waals surface area contributed by atoms with Gasteiger partial charge in [-0.2, -0.15) is 0 Å². The maximum Gasteiger partial charge on any atom is 0.232 e. The molecule has 0 aromatic heterocycles. The minimum atomic E-state index is -0.309. The number of carbonyl (C=O) groups excluding carboxylic acids is 1. The van der Waals surface area contributed by atoms with Gasteiger partial charge in [-0.3, -0.25) is 4.79 Å². The van der Waals surface area contributed by atoms with Gasteiger partial charge in [-0.15, -0.1) is 0 Å². The molecule has 0 radical (unpaired) electrons. The van der Waals surface area contributed by atoms with Crippen LogP contribution in [-0.2, 0) is 4.79 Å². The number of unbranched alkanes of at least 4 members (excludes halogenated alkanes) is 5. The standard InChI is InChI=1S/C30H42N2O2/c1-3-4-5-6-7-8-13-23(2)22-32-20-18-24(19-21-32)31-30(33)29-25-14-9-11-16-27(25)34-28-17-12-10-15-26(28)29/h9-12,14-17,23-24,29H,3-8,13,18-22H2,1-2H3,(H,31,33). The summed E-state index contributed by atoms with van der Waals surface area (Å²) in [5.74, 6) is 2.12. The van der Waals surface area contributed by atoms with Crippen LogP contribution in [0.15, 0.2) is 48.5 Å². The summed E-state index contributed by atoms with van der Waals surface area (Å²) in [6.07, 6.45) is 11.7. The lowest BCUT2D eigenvalue weighted by molar-refractivity contribution is -0.122. The molecule has 34 heavy (non-hydrogen) atoms. The van der Waals surface area contributed by atoms with Crippen LogP contribution in [0.25, 0.3) is 0 Å². The highest BCUT2D eigenvalue weighted by Gasteiger charge is 2.34. The molecule has 1 saturated heterocycles. The first-order valence-corrected chi connectivity index (χ1v) is 13.5. The molecule has 0 saturated carbocycles. The molecule has 1 unspecified atom stereocenters. The van der Waals surface area contributed by atoms with Crippen molar-refractivity contribution >= 4 is 5.91 Å². The first-order valence-electron chi connectivity index (χ1n) is 13.5. The fourth-order valence-corrected chi connectivity index (χ4v) is 5.54. The number of nitrogens with one attached hydrogen (secondary N) is 1. The lowest BCUT2D eigenvalue weighted by Crippen LogP contribution is -2.47. The summed E-state index contributed by atoms with van der Waals surface area (Å²) in [5.41, 5.74) is 1.92. The molecule has 1 atom stereocenters. The van der Waals surface area contributed by atoms with Crippen LogP contribution in [0.3, 0.4) is 0 Å². The minimum Gasteiger partial charge on any atom is -0.457 e. The Bertz CT molecular complexity index is 874. The molecule has 4 heteroatoms. The number of benzene rings is 2. The molecular weight excluding hydrogens is 420 g/mol. The summed E-state index contributed by atoms with van der Waals surface area (Å²) >= 11 is 0. The predicted molar refractivity (Wildman–Crippen MR) is 140 cm³/mol. The number of rotatable bonds is 11. The Hall–Kier alpha value is -2.33. The van der Waals surface area contributed by atoms with Crippen molar-refractivity contribution in [1.29, 1.82) is 0 Å². The third-order valence-electron chi connectivity index (χ3n) is 7.50. The van der Waals surface area contributed by atoms with E-state index < -0.39 is 0 Å². The van der Waals surface area contributed by atoms with Crippen LogP contribution in [0.2, 0.25) is 0 Å². The lowest BCUT2D eigenvalue weighted by atomic mass is 9.87.